The van der Waals surface area contributed by atoms with E-state index in [0.717, 1.165) is 11.9 Å². The molecule has 1 aliphatic heterocycles. The predicted octanol–water partition coefficient (Wildman–Crippen LogP) is 3.69. The van der Waals surface area contributed by atoms with Crippen LogP contribution in [0.2, 0.25) is 0 Å². The summed E-state index contributed by atoms with van der Waals surface area (Å²) >= 11 is 3.40. The third kappa shape index (κ3) is 3.46. The van der Waals surface area contributed by atoms with E-state index in [4.69, 9.17) is 0 Å². The lowest BCUT2D eigenvalue weighted by Crippen LogP contribution is -2.18. The second-order valence-corrected chi connectivity index (χ2v) is 4.93. The van der Waals surface area contributed by atoms with Crippen molar-refractivity contribution in [3.8, 4) is 0 Å². The molecule has 0 aromatic heterocycles. The van der Waals surface area contributed by atoms with Crippen LogP contribution in [-0.4, -0.2) is 23.3 Å². The minimum atomic E-state index is 0.920. The third-order valence-electron chi connectivity index (χ3n) is 2.96. The zero-order chi connectivity index (χ0) is 11.2. The third-order valence-corrected chi connectivity index (χ3v) is 3.33. The van der Waals surface area contributed by atoms with Gasteiger partial charge in [-0.05, 0) is 37.1 Å². The van der Waals surface area contributed by atoms with Gasteiger partial charge in [0, 0.05) is 11.9 Å². The zero-order valence-corrected chi connectivity index (χ0v) is 11.1. The molecule has 0 spiro atoms. The number of halogens is 1. The van der Waals surface area contributed by atoms with Crippen LogP contribution in [0.1, 0.15) is 24.0 Å². The molecule has 1 aromatic rings. The lowest BCUT2D eigenvalue weighted by molar-refractivity contribution is 0.331. The van der Waals surface area contributed by atoms with E-state index in [1.807, 2.05) is 0 Å². The number of alkyl halides is 1. The Morgan fingerprint density at radius 2 is 2.06 bits per heavy atom. The molecule has 2 heteroatoms. The fourth-order valence-corrected chi connectivity index (χ4v) is 2.36. The van der Waals surface area contributed by atoms with Gasteiger partial charge in [0.05, 0.1) is 0 Å². The summed E-state index contributed by atoms with van der Waals surface area (Å²) in [5.74, 6) is 0. The lowest BCUT2D eigenvalue weighted by Gasteiger charge is -2.14. The van der Waals surface area contributed by atoms with E-state index in [0.29, 0.717) is 0 Å². The molecule has 1 nitrogen and oxygen atoms in total. The first-order valence-electron chi connectivity index (χ1n) is 5.92. The van der Waals surface area contributed by atoms with Gasteiger partial charge in [-0.1, -0.05) is 52.3 Å². The first-order chi connectivity index (χ1) is 7.88. The second-order valence-electron chi connectivity index (χ2n) is 4.28. The number of rotatable bonds is 4. The highest BCUT2D eigenvalue weighted by atomic mass is 79.9. The lowest BCUT2D eigenvalue weighted by atomic mass is 10.1. The molecule has 0 N–H and O–H groups in total. The number of hydrogen-bond donors (Lipinski definition) is 0. The van der Waals surface area contributed by atoms with Crippen LogP contribution in [0.25, 0.3) is 6.08 Å². The minimum absolute atomic E-state index is 0.920. The molecule has 2 rings (SSSR count). The SMILES string of the molecule is BrCC=Cc1cccc(CN2CCCC2)c1. The molecular formula is C14H18BrN. The van der Waals surface area contributed by atoms with Crippen molar-refractivity contribution >= 4 is 22.0 Å². The number of nitrogens with zero attached hydrogens (tertiary/aromatic N) is 1. The fraction of sp³-hybridized carbons (Fsp3) is 0.429. The first-order valence-corrected chi connectivity index (χ1v) is 7.04. The maximum Gasteiger partial charge on any atom is 0.0233 e. The quantitative estimate of drug-likeness (QED) is 0.760. The maximum absolute atomic E-state index is 3.40. The van der Waals surface area contributed by atoms with Crippen LogP contribution in [-0.2, 0) is 6.54 Å². The van der Waals surface area contributed by atoms with Crippen LogP contribution in [0, 0.1) is 0 Å². The molecular weight excluding hydrogens is 262 g/mol. The summed E-state index contributed by atoms with van der Waals surface area (Å²) in [6, 6.07) is 8.83. The van der Waals surface area contributed by atoms with Crippen molar-refractivity contribution in [1.82, 2.24) is 4.90 Å². The summed E-state index contributed by atoms with van der Waals surface area (Å²) in [4.78, 5) is 2.54. The van der Waals surface area contributed by atoms with Crippen molar-refractivity contribution in [2.75, 3.05) is 18.4 Å². The Hall–Kier alpha value is -0.600. The molecule has 0 aliphatic carbocycles. The summed E-state index contributed by atoms with van der Waals surface area (Å²) in [5.41, 5.74) is 2.73. The highest BCUT2D eigenvalue weighted by Crippen LogP contribution is 2.14. The van der Waals surface area contributed by atoms with Crippen LogP contribution < -0.4 is 0 Å². The normalized spacial score (nSPS) is 17.3. The van der Waals surface area contributed by atoms with E-state index in [-0.39, 0.29) is 0 Å². The standard InChI is InChI=1S/C14H18BrN/c15-8-4-7-13-5-3-6-14(11-13)12-16-9-1-2-10-16/h3-7,11H,1-2,8-10,12H2. The van der Waals surface area contributed by atoms with E-state index >= 15 is 0 Å². The van der Waals surface area contributed by atoms with Crippen molar-refractivity contribution in [3.63, 3.8) is 0 Å². The van der Waals surface area contributed by atoms with Crippen molar-refractivity contribution < 1.29 is 0 Å². The van der Waals surface area contributed by atoms with E-state index in [1.54, 1.807) is 0 Å². The van der Waals surface area contributed by atoms with Gasteiger partial charge in [0.15, 0.2) is 0 Å². The molecule has 0 radical (unpaired) electrons. The Kier molecular flexibility index (Phi) is 4.61. The largest absolute Gasteiger partial charge is 0.299 e. The van der Waals surface area contributed by atoms with Gasteiger partial charge >= 0.3 is 0 Å². The fourth-order valence-electron chi connectivity index (χ4n) is 2.17. The molecule has 1 aromatic carbocycles. The van der Waals surface area contributed by atoms with Crippen LogP contribution in [0.4, 0.5) is 0 Å². The van der Waals surface area contributed by atoms with Crippen molar-refractivity contribution in [2.24, 2.45) is 0 Å². The van der Waals surface area contributed by atoms with Crippen molar-refractivity contribution in [3.05, 3.63) is 41.5 Å². The number of likely N-dealkylation sites (tertiary alicyclic amines) is 1. The summed E-state index contributed by atoms with van der Waals surface area (Å²) in [5, 5.41) is 0.920. The Morgan fingerprint density at radius 1 is 1.25 bits per heavy atom. The summed E-state index contributed by atoms with van der Waals surface area (Å²) < 4.78 is 0. The van der Waals surface area contributed by atoms with Gasteiger partial charge in [0.1, 0.15) is 0 Å². The molecule has 1 heterocycles. The predicted molar refractivity (Wildman–Crippen MR) is 73.8 cm³/mol. The number of allylic oxidation sites excluding steroid dienone is 1. The van der Waals surface area contributed by atoms with Crippen molar-refractivity contribution in [1.29, 1.82) is 0 Å². The Morgan fingerprint density at radius 3 is 2.81 bits per heavy atom. The molecule has 0 amide bonds. The average molecular weight is 280 g/mol. The molecule has 1 aliphatic rings. The highest BCUT2D eigenvalue weighted by Gasteiger charge is 2.11. The highest BCUT2D eigenvalue weighted by molar-refractivity contribution is 9.09. The van der Waals surface area contributed by atoms with Crippen LogP contribution in [0.15, 0.2) is 30.3 Å². The average Bonchev–Trinajstić information content (AvgIpc) is 2.80. The van der Waals surface area contributed by atoms with Gasteiger partial charge in [-0.3, -0.25) is 4.90 Å². The number of hydrogen-bond acceptors (Lipinski definition) is 1. The molecule has 86 valence electrons. The van der Waals surface area contributed by atoms with E-state index < -0.39 is 0 Å². The molecule has 1 fully saturated rings. The molecule has 1 saturated heterocycles. The van der Waals surface area contributed by atoms with Gasteiger partial charge in [0.2, 0.25) is 0 Å². The molecule has 0 bridgehead atoms. The summed E-state index contributed by atoms with van der Waals surface area (Å²) in [6.45, 7) is 3.64. The smallest absolute Gasteiger partial charge is 0.0233 e. The zero-order valence-electron chi connectivity index (χ0n) is 9.53. The van der Waals surface area contributed by atoms with E-state index in [1.165, 1.54) is 37.1 Å². The monoisotopic (exact) mass is 279 g/mol. The molecule has 0 atom stereocenters. The number of benzene rings is 1. The van der Waals surface area contributed by atoms with Gasteiger partial charge in [-0.25, -0.2) is 0 Å². The van der Waals surface area contributed by atoms with Gasteiger partial charge < -0.3 is 0 Å². The molecule has 0 unspecified atom stereocenters. The summed E-state index contributed by atoms with van der Waals surface area (Å²) in [7, 11) is 0. The van der Waals surface area contributed by atoms with Crippen LogP contribution >= 0.6 is 15.9 Å². The molecule has 16 heavy (non-hydrogen) atoms. The Labute approximate surface area is 106 Å². The van der Waals surface area contributed by atoms with E-state index in [2.05, 4.69) is 57.2 Å². The van der Waals surface area contributed by atoms with Gasteiger partial charge in [-0.15, -0.1) is 0 Å². The first kappa shape index (κ1) is 11.9. The maximum atomic E-state index is 3.40. The van der Waals surface area contributed by atoms with Crippen molar-refractivity contribution in [2.45, 2.75) is 19.4 Å². The van der Waals surface area contributed by atoms with Gasteiger partial charge in [-0.2, -0.15) is 0 Å². The Bertz CT molecular complexity index is 354. The van der Waals surface area contributed by atoms with Gasteiger partial charge in [0.25, 0.3) is 0 Å². The molecule has 0 saturated carbocycles. The Balaban J connectivity index is 2.00. The minimum Gasteiger partial charge on any atom is -0.299 e. The topological polar surface area (TPSA) is 3.24 Å². The van der Waals surface area contributed by atoms with Crippen LogP contribution in [0.3, 0.4) is 0 Å². The van der Waals surface area contributed by atoms with Crippen LogP contribution in [0.5, 0.6) is 0 Å². The van der Waals surface area contributed by atoms with E-state index in [9.17, 15) is 0 Å². The summed E-state index contributed by atoms with van der Waals surface area (Å²) in [6.07, 6.45) is 7.03. The second kappa shape index (κ2) is 6.21.